The molecule has 100 valence electrons. The Morgan fingerprint density at radius 1 is 1.44 bits per heavy atom. The monoisotopic (exact) mass is 247 g/mol. The molecule has 0 aliphatic carbocycles. The van der Waals surface area contributed by atoms with Gasteiger partial charge in [-0.25, -0.2) is 0 Å². The maximum atomic E-state index is 4.27. The summed E-state index contributed by atoms with van der Waals surface area (Å²) in [5, 5.41) is 3.51. The summed E-state index contributed by atoms with van der Waals surface area (Å²) in [4.78, 5) is 6.91. The van der Waals surface area contributed by atoms with Crippen molar-refractivity contribution in [3.63, 3.8) is 0 Å². The summed E-state index contributed by atoms with van der Waals surface area (Å²) in [6.07, 6.45) is 7.64. The molecular weight excluding hydrogens is 222 g/mol. The molecule has 18 heavy (non-hydrogen) atoms. The lowest BCUT2D eigenvalue weighted by atomic mass is 9.83. The Morgan fingerprint density at radius 2 is 2.17 bits per heavy atom. The molecule has 0 bridgehead atoms. The van der Waals surface area contributed by atoms with Gasteiger partial charge in [0.15, 0.2) is 0 Å². The van der Waals surface area contributed by atoms with Crippen LogP contribution in [0.1, 0.15) is 44.7 Å². The molecule has 3 heteroatoms. The first-order valence-corrected chi connectivity index (χ1v) is 7.04. The van der Waals surface area contributed by atoms with E-state index >= 15 is 0 Å². The van der Waals surface area contributed by atoms with E-state index in [4.69, 9.17) is 0 Å². The molecule has 0 spiro atoms. The molecule has 2 atom stereocenters. The van der Waals surface area contributed by atoms with Crippen molar-refractivity contribution >= 4 is 0 Å². The summed E-state index contributed by atoms with van der Waals surface area (Å²) in [5.74, 6) is 0. The van der Waals surface area contributed by atoms with Crippen molar-refractivity contribution < 1.29 is 0 Å². The lowest BCUT2D eigenvalue weighted by Crippen LogP contribution is -2.52. The first kappa shape index (κ1) is 13.5. The summed E-state index contributed by atoms with van der Waals surface area (Å²) >= 11 is 0. The van der Waals surface area contributed by atoms with Crippen LogP contribution in [0.2, 0.25) is 0 Å². The summed E-state index contributed by atoms with van der Waals surface area (Å²) in [6, 6.07) is 4.55. The predicted octanol–water partition coefficient (Wildman–Crippen LogP) is 2.61. The Morgan fingerprint density at radius 3 is 2.67 bits per heavy atom. The second kappa shape index (κ2) is 5.81. The number of hydrogen-bond acceptors (Lipinski definition) is 3. The number of rotatable bonds is 5. The van der Waals surface area contributed by atoms with E-state index in [1.165, 1.54) is 31.5 Å². The van der Waals surface area contributed by atoms with E-state index in [0.29, 0.717) is 6.04 Å². The zero-order chi connectivity index (χ0) is 13.0. The van der Waals surface area contributed by atoms with E-state index in [1.807, 2.05) is 18.5 Å². The second-order valence-electron chi connectivity index (χ2n) is 5.41. The molecule has 2 heterocycles. The summed E-state index contributed by atoms with van der Waals surface area (Å²) < 4.78 is 0. The van der Waals surface area contributed by atoms with Gasteiger partial charge >= 0.3 is 0 Å². The average molecular weight is 247 g/mol. The first-order valence-electron chi connectivity index (χ1n) is 7.04. The fourth-order valence-electron chi connectivity index (χ4n) is 3.22. The van der Waals surface area contributed by atoms with Crippen molar-refractivity contribution in [2.75, 3.05) is 20.1 Å². The topological polar surface area (TPSA) is 28.2 Å². The highest BCUT2D eigenvalue weighted by molar-refractivity contribution is 5.19. The van der Waals surface area contributed by atoms with E-state index in [1.54, 1.807) is 0 Å². The normalized spacial score (nSPS) is 21.7. The predicted molar refractivity (Wildman–Crippen MR) is 75.5 cm³/mol. The highest BCUT2D eigenvalue weighted by Gasteiger charge is 2.39. The molecule has 1 aromatic heterocycles. The van der Waals surface area contributed by atoms with Crippen LogP contribution in [0.3, 0.4) is 0 Å². The van der Waals surface area contributed by atoms with Gasteiger partial charge in [-0.2, -0.15) is 0 Å². The zero-order valence-electron chi connectivity index (χ0n) is 11.8. The van der Waals surface area contributed by atoms with E-state index in [-0.39, 0.29) is 5.54 Å². The van der Waals surface area contributed by atoms with E-state index in [0.717, 1.165) is 6.42 Å². The number of hydrogen-bond donors (Lipinski definition) is 1. The molecular formula is C15H25N3. The van der Waals surface area contributed by atoms with Crippen molar-refractivity contribution in [1.82, 2.24) is 15.2 Å². The van der Waals surface area contributed by atoms with Gasteiger partial charge in [0.25, 0.3) is 0 Å². The van der Waals surface area contributed by atoms with Crippen LogP contribution in [-0.2, 0) is 0 Å². The minimum absolute atomic E-state index is 0.175. The van der Waals surface area contributed by atoms with E-state index < -0.39 is 0 Å². The molecule has 1 N–H and O–H groups in total. The minimum atomic E-state index is 0.175. The van der Waals surface area contributed by atoms with Gasteiger partial charge in [-0.15, -0.1) is 0 Å². The molecule has 0 radical (unpaired) electrons. The van der Waals surface area contributed by atoms with Gasteiger partial charge < -0.3 is 5.32 Å². The van der Waals surface area contributed by atoms with Gasteiger partial charge in [0, 0.05) is 17.9 Å². The maximum absolute atomic E-state index is 4.27. The standard InChI is InChI=1S/C15H25N3/c1-4-15(2,18-10-5-6-11-18)14(16-3)13-8-7-9-17-12-13/h7-9,12,14,16H,4-6,10-11H2,1-3H3. The number of likely N-dealkylation sites (N-methyl/N-ethyl adjacent to an activating group) is 1. The van der Waals surface area contributed by atoms with E-state index in [2.05, 4.69) is 42.2 Å². The van der Waals surface area contributed by atoms with Crippen LogP contribution in [0, 0.1) is 0 Å². The molecule has 2 unspecified atom stereocenters. The van der Waals surface area contributed by atoms with Gasteiger partial charge in [-0.1, -0.05) is 13.0 Å². The SMILES string of the molecule is CCC(C)(C(NC)c1cccnc1)N1CCCC1. The molecule has 0 aromatic carbocycles. The fourth-order valence-corrected chi connectivity index (χ4v) is 3.22. The number of pyridine rings is 1. The quantitative estimate of drug-likeness (QED) is 0.867. The van der Waals surface area contributed by atoms with Crippen LogP contribution in [-0.4, -0.2) is 35.6 Å². The smallest absolute Gasteiger partial charge is 0.0517 e. The van der Waals surface area contributed by atoms with Crippen molar-refractivity contribution in [3.05, 3.63) is 30.1 Å². The van der Waals surface area contributed by atoms with Crippen LogP contribution in [0.15, 0.2) is 24.5 Å². The Kier molecular flexibility index (Phi) is 4.36. The van der Waals surface area contributed by atoms with Gasteiger partial charge in [0.05, 0.1) is 6.04 Å². The van der Waals surface area contributed by atoms with Crippen molar-refractivity contribution in [1.29, 1.82) is 0 Å². The number of aromatic nitrogens is 1. The molecule has 1 fully saturated rings. The van der Waals surface area contributed by atoms with Gasteiger partial charge in [-0.05, 0) is 58.0 Å². The number of nitrogens with one attached hydrogen (secondary N) is 1. The van der Waals surface area contributed by atoms with Crippen LogP contribution in [0.5, 0.6) is 0 Å². The molecule has 2 rings (SSSR count). The van der Waals surface area contributed by atoms with Crippen LogP contribution in [0.4, 0.5) is 0 Å². The molecule has 0 saturated carbocycles. The summed E-state index contributed by atoms with van der Waals surface area (Å²) in [6.45, 7) is 7.12. The van der Waals surface area contributed by atoms with Crippen LogP contribution < -0.4 is 5.32 Å². The fraction of sp³-hybridized carbons (Fsp3) is 0.667. The molecule has 3 nitrogen and oxygen atoms in total. The van der Waals surface area contributed by atoms with Gasteiger partial charge in [0.2, 0.25) is 0 Å². The zero-order valence-corrected chi connectivity index (χ0v) is 11.8. The number of nitrogens with zero attached hydrogens (tertiary/aromatic N) is 2. The second-order valence-corrected chi connectivity index (χ2v) is 5.41. The Labute approximate surface area is 111 Å². The Hall–Kier alpha value is -0.930. The van der Waals surface area contributed by atoms with E-state index in [9.17, 15) is 0 Å². The lowest BCUT2D eigenvalue weighted by Gasteiger charge is -2.44. The minimum Gasteiger partial charge on any atom is -0.311 e. The van der Waals surface area contributed by atoms with Crippen molar-refractivity contribution in [2.24, 2.45) is 0 Å². The van der Waals surface area contributed by atoms with Gasteiger partial charge in [-0.3, -0.25) is 9.88 Å². The third-order valence-electron chi connectivity index (χ3n) is 4.47. The molecule has 1 aliphatic rings. The Bertz CT molecular complexity index is 359. The average Bonchev–Trinajstić information content (AvgIpc) is 2.95. The summed E-state index contributed by atoms with van der Waals surface area (Å²) in [7, 11) is 2.06. The summed E-state index contributed by atoms with van der Waals surface area (Å²) in [5.41, 5.74) is 1.46. The van der Waals surface area contributed by atoms with Crippen LogP contribution >= 0.6 is 0 Å². The highest BCUT2D eigenvalue weighted by Crippen LogP contribution is 2.35. The molecule has 0 amide bonds. The van der Waals surface area contributed by atoms with Crippen LogP contribution in [0.25, 0.3) is 0 Å². The van der Waals surface area contributed by atoms with Gasteiger partial charge in [0.1, 0.15) is 0 Å². The largest absolute Gasteiger partial charge is 0.311 e. The number of likely N-dealkylation sites (tertiary alicyclic amines) is 1. The molecule has 1 saturated heterocycles. The molecule has 1 aromatic rings. The first-order chi connectivity index (χ1) is 8.72. The molecule has 1 aliphatic heterocycles. The Balaban J connectivity index is 2.28. The van der Waals surface area contributed by atoms with Crippen molar-refractivity contribution in [2.45, 2.75) is 44.7 Å². The maximum Gasteiger partial charge on any atom is 0.0517 e. The third kappa shape index (κ3) is 2.43. The van der Waals surface area contributed by atoms with Crippen molar-refractivity contribution in [3.8, 4) is 0 Å². The lowest BCUT2D eigenvalue weighted by molar-refractivity contribution is 0.0871. The highest BCUT2D eigenvalue weighted by atomic mass is 15.2. The third-order valence-corrected chi connectivity index (χ3v) is 4.47.